The highest BCUT2D eigenvalue weighted by Crippen LogP contribution is 2.30. The summed E-state index contributed by atoms with van der Waals surface area (Å²) in [6.07, 6.45) is 5.54. The molecule has 1 saturated carbocycles. The Morgan fingerprint density at radius 2 is 2.06 bits per heavy atom. The van der Waals surface area contributed by atoms with Gasteiger partial charge in [-0.1, -0.05) is 50.1 Å². The van der Waals surface area contributed by atoms with Crippen molar-refractivity contribution in [3.8, 4) is 0 Å². The van der Waals surface area contributed by atoms with Crippen molar-refractivity contribution in [2.45, 2.75) is 45.6 Å². The first kappa shape index (κ1) is 13.1. The highest BCUT2D eigenvalue weighted by atomic mass is 16.5. The van der Waals surface area contributed by atoms with E-state index < -0.39 is 0 Å². The van der Waals surface area contributed by atoms with Crippen molar-refractivity contribution < 1.29 is 9.53 Å². The van der Waals surface area contributed by atoms with Crippen LogP contribution in [0, 0.1) is 11.8 Å². The molecule has 2 nitrogen and oxygen atoms in total. The van der Waals surface area contributed by atoms with Crippen LogP contribution in [0.5, 0.6) is 0 Å². The molecule has 0 aromatic heterocycles. The normalized spacial score (nSPS) is 23.6. The second kappa shape index (κ2) is 6.58. The van der Waals surface area contributed by atoms with Gasteiger partial charge in [0.05, 0.1) is 0 Å². The Kier molecular flexibility index (Phi) is 4.80. The maximum absolute atomic E-state index is 11.8. The van der Waals surface area contributed by atoms with Gasteiger partial charge in [0.15, 0.2) is 0 Å². The lowest BCUT2D eigenvalue weighted by Gasteiger charge is -2.25. The molecule has 0 amide bonds. The maximum atomic E-state index is 11.8. The average Bonchev–Trinajstić information content (AvgIpc) is 2.38. The van der Waals surface area contributed by atoms with E-state index in [1.807, 2.05) is 30.3 Å². The van der Waals surface area contributed by atoms with E-state index in [0.29, 0.717) is 18.9 Å². The summed E-state index contributed by atoms with van der Waals surface area (Å²) in [5.41, 5.74) is 1.06. The van der Waals surface area contributed by atoms with Crippen LogP contribution in [0.25, 0.3) is 0 Å². The largest absolute Gasteiger partial charge is 0.461 e. The number of hydrogen-bond acceptors (Lipinski definition) is 2. The molecule has 1 aromatic carbocycles. The second-order valence-electron chi connectivity index (χ2n) is 5.49. The van der Waals surface area contributed by atoms with E-state index in [1.54, 1.807) is 0 Å². The Morgan fingerprint density at radius 3 is 2.78 bits per heavy atom. The van der Waals surface area contributed by atoms with Crippen molar-refractivity contribution in [3.63, 3.8) is 0 Å². The van der Waals surface area contributed by atoms with Gasteiger partial charge < -0.3 is 4.74 Å². The molecule has 0 spiro atoms. The Balaban J connectivity index is 1.72. The van der Waals surface area contributed by atoms with Crippen molar-refractivity contribution in [2.75, 3.05) is 0 Å². The number of ether oxygens (including phenoxy) is 1. The van der Waals surface area contributed by atoms with E-state index in [0.717, 1.165) is 11.5 Å². The van der Waals surface area contributed by atoms with Crippen molar-refractivity contribution >= 4 is 5.97 Å². The molecule has 2 rings (SSSR count). The summed E-state index contributed by atoms with van der Waals surface area (Å²) in [5.74, 6) is 1.26. The van der Waals surface area contributed by atoms with Gasteiger partial charge in [-0.3, -0.25) is 4.79 Å². The third kappa shape index (κ3) is 4.17. The smallest absolute Gasteiger partial charge is 0.306 e. The van der Waals surface area contributed by atoms with Crippen LogP contribution in [0.15, 0.2) is 30.3 Å². The van der Waals surface area contributed by atoms with Gasteiger partial charge in [0.1, 0.15) is 6.61 Å². The van der Waals surface area contributed by atoms with Crippen LogP contribution in [0.3, 0.4) is 0 Å². The van der Waals surface area contributed by atoms with Crippen LogP contribution >= 0.6 is 0 Å². The third-order valence-corrected chi connectivity index (χ3v) is 3.74. The number of rotatable bonds is 4. The van der Waals surface area contributed by atoms with Gasteiger partial charge in [-0.15, -0.1) is 0 Å². The van der Waals surface area contributed by atoms with E-state index in [1.165, 1.54) is 25.7 Å². The number of carbonyl (C=O) groups excluding carboxylic acids is 1. The number of carbonyl (C=O) groups is 1. The molecule has 1 fully saturated rings. The van der Waals surface area contributed by atoms with Crippen LogP contribution in [0.4, 0.5) is 0 Å². The van der Waals surface area contributed by atoms with Crippen molar-refractivity contribution in [2.24, 2.45) is 11.8 Å². The third-order valence-electron chi connectivity index (χ3n) is 3.74. The van der Waals surface area contributed by atoms with Gasteiger partial charge in [0.2, 0.25) is 0 Å². The molecule has 0 N–H and O–H groups in total. The van der Waals surface area contributed by atoms with E-state index in [-0.39, 0.29) is 5.97 Å². The number of benzene rings is 1. The predicted molar refractivity (Wildman–Crippen MR) is 72.0 cm³/mol. The summed E-state index contributed by atoms with van der Waals surface area (Å²) in [5, 5.41) is 0. The van der Waals surface area contributed by atoms with Crippen LogP contribution in [0.1, 0.15) is 44.6 Å². The van der Waals surface area contributed by atoms with E-state index >= 15 is 0 Å². The van der Waals surface area contributed by atoms with E-state index in [9.17, 15) is 4.79 Å². The Morgan fingerprint density at radius 1 is 1.28 bits per heavy atom. The summed E-state index contributed by atoms with van der Waals surface area (Å²) in [6, 6.07) is 9.86. The van der Waals surface area contributed by atoms with E-state index in [4.69, 9.17) is 4.74 Å². The van der Waals surface area contributed by atoms with Crippen LogP contribution < -0.4 is 0 Å². The van der Waals surface area contributed by atoms with Crippen LogP contribution in [0.2, 0.25) is 0 Å². The molecular weight excluding hydrogens is 224 g/mol. The molecular formula is C16H22O2. The highest BCUT2D eigenvalue weighted by molar-refractivity contribution is 5.69. The average molecular weight is 246 g/mol. The quantitative estimate of drug-likeness (QED) is 0.752. The molecule has 1 aliphatic carbocycles. The zero-order chi connectivity index (χ0) is 12.8. The summed E-state index contributed by atoms with van der Waals surface area (Å²) in [7, 11) is 0. The number of hydrogen-bond donors (Lipinski definition) is 0. The van der Waals surface area contributed by atoms with E-state index in [2.05, 4.69) is 6.92 Å². The molecule has 0 radical (unpaired) electrons. The summed E-state index contributed by atoms with van der Waals surface area (Å²) in [6.45, 7) is 2.68. The molecule has 1 aromatic rings. The van der Waals surface area contributed by atoms with Gasteiger partial charge in [-0.2, -0.15) is 0 Å². The fourth-order valence-corrected chi connectivity index (χ4v) is 2.78. The van der Waals surface area contributed by atoms with Gasteiger partial charge in [0.25, 0.3) is 0 Å². The van der Waals surface area contributed by atoms with Gasteiger partial charge >= 0.3 is 5.97 Å². The highest BCUT2D eigenvalue weighted by Gasteiger charge is 2.21. The fourth-order valence-electron chi connectivity index (χ4n) is 2.78. The molecule has 0 unspecified atom stereocenters. The topological polar surface area (TPSA) is 26.3 Å². The first-order chi connectivity index (χ1) is 8.74. The number of esters is 1. The first-order valence-corrected chi connectivity index (χ1v) is 6.93. The zero-order valence-electron chi connectivity index (χ0n) is 11.1. The standard InChI is InChI=1S/C16H22O2/c1-13-6-5-9-15(10-13)11-16(17)18-12-14-7-3-2-4-8-14/h2-4,7-8,13,15H,5-6,9-12H2,1H3/t13-,15+/m1/s1. The van der Waals surface area contributed by atoms with Gasteiger partial charge in [0, 0.05) is 6.42 Å². The summed E-state index contributed by atoms with van der Waals surface area (Å²) >= 11 is 0. The SMILES string of the molecule is C[C@@H]1CCC[C@H](CC(=O)OCc2ccccc2)C1. The predicted octanol–water partition coefficient (Wildman–Crippen LogP) is 3.95. The Labute approximate surface area is 109 Å². The molecule has 0 bridgehead atoms. The molecule has 2 atom stereocenters. The van der Waals surface area contributed by atoms with Gasteiger partial charge in [-0.05, 0) is 30.2 Å². The Hall–Kier alpha value is -1.31. The lowest BCUT2D eigenvalue weighted by atomic mass is 9.81. The molecule has 1 aliphatic rings. The molecule has 0 heterocycles. The fraction of sp³-hybridized carbons (Fsp3) is 0.562. The maximum Gasteiger partial charge on any atom is 0.306 e. The Bertz CT molecular complexity index is 372. The molecule has 18 heavy (non-hydrogen) atoms. The summed E-state index contributed by atoms with van der Waals surface area (Å²) < 4.78 is 5.33. The van der Waals surface area contributed by atoms with Crippen molar-refractivity contribution in [1.82, 2.24) is 0 Å². The molecule has 98 valence electrons. The minimum atomic E-state index is -0.0436. The molecule has 0 aliphatic heterocycles. The lowest BCUT2D eigenvalue weighted by molar-refractivity contribution is -0.146. The van der Waals surface area contributed by atoms with Crippen LogP contribution in [-0.4, -0.2) is 5.97 Å². The lowest BCUT2D eigenvalue weighted by Crippen LogP contribution is -2.18. The van der Waals surface area contributed by atoms with Crippen molar-refractivity contribution in [1.29, 1.82) is 0 Å². The van der Waals surface area contributed by atoms with Gasteiger partial charge in [-0.25, -0.2) is 0 Å². The summed E-state index contributed by atoms with van der Waals surface area (Å²) in [4.78, 5) is 11.8. The van der Waals surface area contributed by atoms with Crippen molar-refractivity contribution in [3.05, 3.63) is 35.9 Å². The monoisotopic (exact) mass is 246 g/mol. The minimum Gasteiger partial charge on any atom is -0.461 e. The zero-order valence-corrected chi connectivity index (χ0v) is 11.1. The van der Waals surface area contributed by atoms with Crippen LogP contribution in [-0.2, 0) is 16.1 Å². The molecule has 0 saturated heterocycles. The second-order valence-corrected chi connectivity index (χ2v) is 5.49. The molecule has 2 heteroatoms. The first-order valence-electron chi connectivity index (χ1n) is 6.93. The minimum absolute atomic E-state index is 0.0436.